The maximum atomic E-state index is 12.2. The van der Waals surface area contributed by atoms with Crippen LogP contribution in [0.1, 0.15) is 39.7 Å². The van der Waals surface area contributed by atoms with E-state index in [2.05, 4.69) is 42.0 Å². The Labute approximate surface area is 136 Å². The SMILES string of the molecule is CC(C)(C)CCNC(=O)C(C)(N)c1ccc(Br)cc1.Cl. The van der Waals surface area contributed by atoms with Gasteiger partial charge in [-0.25, -0.2) is 0 Å². The zero-order chi connectivity index (χ0) is 14.7. The second kappa shape index (κ2) is 7.43. The summed E-state index contributed by atoms with van der Waals surface area (Å²) in [7, 11) is 0. The molecule has 0 fully saturated rings. The van der Waals surface area contributed by atoms with Gasteiger partial charge in [0.25, 0.3) is 0 Å². The highest BCUT2D eigenvalue weighted by Gasteiger charge is 2.30. The van der Waals surface area contributed by atoms with Gasteiger partial charge in [-0.3, -0.25) is 4.79 Å². The summed E-state index contributed by atoms with van der Waals surface area (Å²) in [4.78, 5) is 12.2. The molecule has 0 bridgehead atoms. The quantitative estimate of drug-likeness (QED) is 0.859. The number of benzene rings is 1. The van der Waals surface area contributed by atoms with Gasteiger partial charge >= 0.3 is 0 Å². The molecule has 5 heteroatoms. The smallest absolute Gasteiger partial charge is 0.244 e. The largest absolute Gasteiger partial charge is 0.354 e. The van der Waals surface area contributed by atoms with Crippen molar-refractivity contribution in [2.45, 2.75) is 39.7 Å². The van der Waals surface area contributed by atoms with Gasteiger partial charge in [0.15, 0.2) is 0 Å². The minimum Gasteiger partial charge on any atom is -0.354 e. The van der Waals surface area contributed by atoms with E-state index in [1.54, 1.807) is 6.92 Å². The van der Waals surface area contributed by atoms with E-state index in [9.17, 15) is 4.79 Å². The summed E-state index contributed by atoms with van der Waals surface area (Å²) in [5.74, 6) is -0.140. The molecule has 20 heavy (non-hydrogen) atoms. The average molecular weight is 364 g/mol. The Morgan fingerprint density at radius 2 is 1.70 bits per heavy atom. The molecule has 1 rings (SSSR count). The molecule has 0 aliphatic carbocycles. The predicted octanol–water partition coefficient (Wildman–Crippen LogP) is 3.60. The minimum absolute atomic E-state index is 0. The number of nitrogens with two attached hydrogens (primary N) is 1. The normalized spacial score (nSPS) is 14.1. The first-order chi connectivity index (χ1) is 8.63. The molecule has 1 unspecified atom stereocenters. The molecule has 1 aromatic rings. The highest BCUT2D eigenvalue weighted by Crippen LogP contribution is 2.21. The van der Waals surface area contributed by atoms with Gasteiger partial charge in [0.2, 0.25) is 5.91 Å². The van der Waals surface area contributed by atoms with Crippen molar-refractivity contribution in [1.82, 2.24) is 5.32 Å². The minimum atomic E-state index is -1.00. The molecule has 1 atom stereocenters. The number of carbonyl (C=O) groups excluding carboxylic acids is 1. The molecule has 0 saturated heterocycles. The van der Waals surface area contributed by atoms with Crippen LogP contribution in [0.3, 0.4) is 0 Å². The molecule has 114 valence electrons. The number of halogens is 2. The van der Waals surface area contributed by atoms with Gasteiger partial charge in [0.1, 0.15) is 5.54 Å². The molecule has 0 aliphatic rings. The van der Waals surface area contributed by atoms with E-state index in [1.165, 1.54) is 0 Å². The number of rotatable bonds is 4. The number of hydrogen-bond donors (Lipinski definition) is 2. The molecule has 0 saturated carbocycles. The van der Waals surface area contributed by atoms with Crippen LogP contribution < -0.4 is 11.1 Å². The van der Waals surface area contributed by atoms with Crippen LogP contribution in [0.25, 0.3) is 0 Å². The number of nitrogens with one attached hydrogen (secondary N) is 1. The fourth-order valence-electron chi connectivity index (χ4n) is 1.66. The van der Waals surface area contributed by atoms with Crippen LogP contribution in [0.2, 0.25) is 0 Å². The Balaban J connectivity index is 0.00000361. The van der Waals surface area contributed by atoms with Gasteiger partial charge < -0.3 is 11.1 Å². The molecule has 1 aromatic carbocycles. The van der Waals surface area contributed by atoms with Gasteiger partial charge in [-0.2, -0.15) is 0 Å². The molecule has 1 amide bonds. The van der Waals surface area contributed by atoms with Crippen molar-refractivity contribution in [2.24, 2.45) is 11.1 Å². The highest BCUT2D eigenvalue weighted by atomic mass is 79.9. The van der Waals surface area contributed by atoms with Crippen molar-refractivity contribution >= 4 is 34.2 Å². The van der Waals surface area contributed by atoms with Crippen LogP contribution in [0, 0.1) is 5.41 Å². The lowest BCUT2D eigenvalue weighted by atomic mass is 9.90. The fraction of sp³-hybridized carbons (Fsp3) is 0.533. The molecule has 0 radical (unpaired) electrons. The van der Waals surface area contributed by atoms with Crippen molar-refractivity contribution in [3.63, 3.8) is 0 Å². The highest BCUT2D eigenvalue weighted by molar-refractivity contribution is 9.10. The molecule has 3 nitrogen and oxygen atoms in total. The first-order valence-corrected chi connectivity index (χ1v) is 7.25. The number of hydrogen-bond acceptors (Lipinski definition) is 2. The van der Waals surface area contributed by atoms with Gasteiger partial charge in [-0.1, -0.05) is 48.8 Å². The molecule has 0 aromatic heterocycles. The van der Waals surface area contributed by atoms with Crippen LogP contribution in [-0.2, 0) is 10.3 Å². The van der Waals surface area contributed by atoms with Crippen molar-refractivity contribution in [3.8, 4) is 0 Å². The lowest BCUT2D eigenvalue weighted by molar-refractivity contribution is -0.126. The average Bonchev–Trinajstić information content (AvgIpc) is 2.27. The monoisotopic (exact) mass is 362 g/mol. The van der Waals surface area contributed by atoms with Crippen LogP contribution in [-0.4, -0.2) is 12.5 Å². The Kier molecular flexibility index (Phi) is 7.22. The number of carbonyl (C=O) groups is 1. The maximum absolute atomic E-state index is 12.2. The van der Waals surface area contributed by atoms with Gasteiger partial charge in [0, 0.05) is 11.0 Å². The lowest BCUT2D eigenvalue weighted by Gasteiger charge is -2.25. The zero-order valence-corrected chi connectivity index (χ0v) is 14.9. The van der Waals surface area contributed by atoms with E-state index in [0.717, 1.165) is 16.5 Å². The standard InChI is InChI=1S/C15H23BrN2O.ClH/c1-14(2,3)9-10-18-13(19)15(4,17)11-5-7-12(16)8-6-11;/h5-8H,9-10,17H2,1-4H3,(H,18,19);1H. The summed E-state index contributed by atoms with van der Waals surface area (Å²) in [5, 5.41) is 2.92. The Bertz CT molecular complexity index is 438. The molecular weight excluding hydrogens is 340 g/mol. The third-order valence-corrected chi connectivity index (χ3v) is 3.60. The fourth-order valence-corrected chi connectivity index (χ4v) is 1.93. The van der Waals surface area contributed by atoms with E-state index in [4.69, 9.17) is 5.73 Å². The summed E-state index contributed by atoms with van der Waals surface area (Å²) in [6.07, 6.45) is 0.926. The van der Waals surface area contributed by atoms with Gasteiger partial charge in [0.05, 0.1) is 0 Å². The zero-order valence-electron chi connectivity index (χ0n) is 12.5. The second-order valence-corrected chi connectivity index (χ2v) is 7.19. The molecule has 0 aliphatic heterocycles. The Morgan fingerprint density at radius 1 is 1.20 bits per heavy atom. The predicted molar refractivity (Wildman–Crippen MR) is 90.0 cm³/mol. The second-order valence-electron chi connectivity index (χ2n) is 6.28. The third-order valence-electron chi connectivity index (χ3n) is 3.08. The topological polar surface area (TPSA) is 55.1 Å². The van der Waals surface area contributed by atoms with Crippen molar-refractivity contribution < 1.29 is 4.79 Å². The van der Waals surface area contributed by atoms with Crippen molar-refractivity contribution in [3.05, 3.63) is 34.3 Å². The molecule has 3 N–H and O–H groups in total. The van der Waals surface area contributed by atoms with E-state index >= 15 is 0 Å². The third kappa shape index (κ3) is 5.81. The van der Waals surface area contributed by atoms with E-state index in [1.807, 2.05) is 24.3 Å². The summed E-state index contributed by atoms with van der Waals surface area (Å²) in [6.45, 7) is 8.83. The maximum Gasteiger partial charge on any atom is 0.244 e. The van der Waals surface area contributed by atoms with Crippen LogP contribution in [0.15, 0.2) is 28.7 Å². The van der Waals surface area contributed by atoms with E-state index in [-0.39, 0.29) is 23.7 Å². The number of amides is 1. The Morgan fingerprint density at radius 3 is 2.15 bits per heavy atom. The van der Waals surface area contributed by atoms with Gasteiger partial charge in [-0.15, -0.1) is 12.4 Å². The van der Waals surface area contributed by atoms with Crippen molar-refractivity contribution in [1.29, 1.82) is 0 Å². The summed E-state index contributed by atoms with van der Waals surface area (Å²) < 4.78 is 0.972. The lowest BCUT2D eigenvalue weighted by Crippen LogP contribution is -2.49. The van der Waals surface area contributed by atoms with Crippen LogP contribution in [0.5, 0.6) is 0 Å². The van der Waals surface area contributed by atoms with E-state index in [0.29, 0.717) is 6.54 Å². The summed E-state index contributed by atoms with van der Waals surface area (Å²) in [5.41, 5.74) is 6.17. The molecular formula is C15H24BrClN2O. The van der Waals surface area contributed by atoms with Crippen LogP contribution >= 0.6 is 28.3 Å². The van der Waals surface area contributed by atoms with Crippen LogP contribution in [0.4, 0.5) is 0 Å². The Hall–Kier alpha value is -0.580. The first kappa shape index (κ1) is 19.4. The molecule has 0 heterocycles. The molecule has 0 spiro atoms. The summed E-state index contributed by atoms with van der Waals surface area (Å²) in [6, 6.07) is 7.52. The van der Waals surface area contributed by atoms with Crippen molar-refractivity contribution in [2.75, 3.05) is 6.54 Å². The van der Waals surface area contributed by atoms with E-state index < -0.39 is 5.54 Å². The first-order valence-electron chi connectivity index (χ1n) is 6.46. The summed E-state index contributed by atoms with van der Waals surface area (Å²) >= 11 is 3.37. The van der Waals surface area contributed by atoms with Gasteiger partial charge in [-0.05, 0) is 36.5 Å².